The van der Waals surface area contributed by atoms with Crippen molar-refractivity contribution < 1.29 is 14.3 Å². The highest BCUT2D eigenvalue weighted by Gasteiger charge is 2.15. The second kappa shape index (κ2) is 7.20. The van der Waals surface area contributed by atoms with E-state index in [0.717, 1.165) is 4.88 Å². The first-order chi connectivity index (χ1) is 10.7. The van der Waals surface area contributed by atoms with Crippen LogP contribution in [-0.4, -0.2) is 19.0 Å². The highest BCUT2D eigenvalue weighted by Crippen LogP contribution is 2.18. The molecule has 0 aliphatic carbocycles. The van der Waals surface area contributed by atoms with E-state index in [1.165, 1.54) is 30.6 Å². The van der Waals surface area contributed by atoms with E-state index in [9.17, 15) is 9.59 Å². The van der Waals surface area contributed by atoms with Gasteiger partial charge in [-0.15, -0.1) is 11.3 Å². The summed E-state index contributed by atoms with van der Waals surface area (Å²) in [5.41, 5.74) is 0.487. The third-order valence-corrected chi connectivity index (χ3v) is 3.59. The first-order valence-corrected chi connectivity index (χ1v) is 7.17. The summed E-state index contributed by atoms with van der Waals surface area (Å²) in [6.07, 6.45) is 1.50. The van der Waals surface area contributed by atoms with Crippen LogP contribution in [0.4, 0.5) is 5.69 Å². The number of nitriles is 1. The molecule has 1 aromatic heterocycles. The van der Waals surface area contributed by atoms with Gasteiger partial charge in [0.05, 0.1) is 18.4 Å². The molecule has 0 bridgehead atoms. The van der Waals surface area contributed by atoms with E-state index in [1.807, 2.05) is 17.5 Å². The number of hydrogen-bond donors (Lipinski definition) is 1. The van der Waals surface area contributed by atoms with Crippen LogP contribution in [0.1, 0.15) is 15.2 Å². The minimum Gasteiger partial charge on any atom is -0.465 e. The minimum atomic E-state index is -0.577. The number of benzene rings is 1. The van der Waals surface area contributed by atoms with Crippen molar-refractivity contribution >= 4 is 35.0 Å². The van der Waals surface area contributed by atoms with Crippen LogP contribution in [0.3, 0.4) is 0 Å². The number of para-hydroxylation sites is 1. The lowest BCUT2D eigenvalue weighted by atomic mass is 10.1. The summed E-state index contributed by atoms with van der Waals surface area (Å²) in [4.78, 5) is 24.6. The summed E-state index contributed by atoms with van der Waals surface area (Å²) >= 11 is 1.42. The SMILES string of the molecule is COC(=O)c1ccccc1NC(=O)/C(C#N)=C/c1cccs1. The van der Waals surface area contributed by atoms with Crippen molar-refractivity contribution in [2.75, 3.05) is 12.4 Å². The largest absolute Gasteiger partial charge is 0.465 e. The van der Waals surface area contributed by atoms with Crippen molar-refractivity contribution in [1.82, 2.24) is 0 Å². The highest BCUT2D eigenvalue weighted by atomic mass is 32.1. The van der Waals surface area contributed by atoms with E-state index in [4.69, 9.17) is 5.26 Å². The van der Waals surface area contributed by atoms with E-state index in [1.54, 1.807) is 24.3 Å². The first-order valence-electron chi connectivity index (χ1n) is 6.29. The summed E-state index contributed by atoms with van der Waals surface area (Å²) in [5, 5.41) is 13.5. The van der Waals surface area contributed by atoms with Crippen LogP contribution in [0.25, 0.3) is 6.08 Å². The molecule has 2 aromatic rings. The standard InChI is InChI=1S/C16H12N2O3S/c1-21-16(20)13-6-2-3-7-14(13)18-15(19)11(10-17)9-12-5-4-8-22-12/h2-9H,1H3,(H,18,19)/b11-9+. The fraction of sp³-hybridized carbons (Fsp3) is 0.0625. The van der Waals surface area contributed by atoms with Crippen molar-refractivity contribution in [2.24, 2.45) is 0 Å². The molecule has 2 rings (SSSR count). The maximum Gasteiger partial charge on any atom is 0.339 e. The monoisotopic (exact) mass is 312 g/mol. The van der Waals surface area contributed by atoms with Crippen molar-refractivity contribution in [3.8, 4) is 6.07 Å². The van der Waals surface area contributed by atoms with Gasteiger partial charge in [0.2, 0.25) is 0 Å². The molecule has 1 N–H and O–H groups in total. The average Bonchev–Trinajstić information content (AvgIpc) is 3.05. The summed E-state index contributed by atoms with van der Waals surface area (Å²) < 4.78 is 4.66. The molecule has 0 spiro atoms. The third kappa shape index (κ3) is 3.59. The molecule has 0 unspecified atom stereocenters. The molecule has 0 atom stereocenters. The Morgan fingerprint density at radius 2 is 2.05 bits per heavy atom. The summed E-state index contributed by atoms with van der Waals surface area (Å²) in [5.74, 6) is -1.14. The summed E-state index contributed by atoms with van der Waals surface area (Å²) in [7, 11) is 1.26. The number of rotatable bonds is 4. The molecule has 1 aromatic carbocycles. The Bertz CT molecular complexity index is 758. The number of carbonyl (C=O) groups excluding carboxylic acids is 2. The normalized spacial score (nSPS) is 10.6. The average molecular weight is 312 g/mol. The van der Waals surface area contributed by atoms with Crippen molar-refractivity contribution in [3.05, 3.63) is 57.8 Å². The number of carbonyl (C=O) groups is 2. The molecular formula is C16H12N2O3S. The lowest BCUT2D eigenvalue weighted by Gasteiger charge is -2.08. The Morgan fingerprint density at radius 3 is 2.68 bits per heavy atom. The van der Waals surface area contributed by atoms with Crippen LogP contribution >= 0.6 is 11.3 Å². The molecule has 0 fully saturated rings. The van der Waals surface area contributed by atoms with Gasteiger partial charge in [0.25, 0.3) is 5.91 Å². The van der Waals surface area contributed by atoms with Crippen LogP contribution in [-0.2, 0) is 9.53 Å². The number of thiophene rings is 1. The van der Waals surface area contributed by atoms with Gasteiger partial charge in [-0.2, -0.15) is 5.26 Å². The lowest BCUT2D eigenvalue weighted by Crippen LogP contribution is -2.16. The number of ether oxygens (including phenoxy) is 1. The van der Waals surface area contributed by atoms with Gasteiger partial charge in [-0.25, -0.2) is 4.79 Å². The van der Waals surface area contributed by atoms with Gasteiger partial charge >= 0.3 is 5.97 Å². The molecular weight excluding hydrogens is 300 g/mol. The molecule has 6 heteroatoms. The topological polar surface area (TPSA) is 79.2 Å². The minimum absolute atomic E-state index is 0.0397. The van der Waals surface area contributed by atoms with E-state index < -0.39 is 11.9 Å². The van der Waals surface area contributed by atoms with E-state index >= 15 is 0 Å². The Hall–Kier alpha value is -2.91. The molecule has 0 aliphatic heterocycles. The fourth-order valence-electron chi connectivity index (χ4n) is 1.73. The zero-order valence-corrected chi connectivity index (χ0v) is 12.5. The molecule has 110 valence electrons. The molecule has 0 aliphatic rings. The van der Waals surface area contributed by atoms with Crippen LogP contribution < -0.4 is 5.32 Å². The van der Waals surface area contributed by atoms with Gasteiger partial charge in [-0.3, -0.25) is 4.79 Å². The molecule has 0 saturated heterocycles. The van der Waals surface area contributed by atoms with Crippen LogP contribution in [0, 0.1) is 11.3 Å². The second-order valence-corrected chi connectivity index (χ2v) is 5.16. The van der Waals surface area contributed by atoms with Gasteiger partial charge < -0.3 is 10.1 Å². The number of anilines is 1. The van der Waals surface area contributed by atoms with Gasteiger partial charge in [-0.05, 0) is 29.7 Å². The van der Waals surface area contributed by atoms with Gasteiger partial charge in [0.15, 0.2) is 0 Å². The molecule has 1 amide bonds. The number of nitrogens with zero attached hydrogens (tertiary/aromatic N) is 1. The van der Waals surface area contributed by atoms with Crippen molar-refractivity contribution in [1.29, 1.82) is 5.26 Å². The van der Waals surface area contributed by atoms with Crippen molar-refractivity contribution in [2.45, 2.75) is 0 Å². The Kier molecular flexibility index (Phi) is 5.07. The van der Waals surface area contributed by atoms with Crippen LogP contribution in [0.2, 0.25) is 0 Å². The zero-order valence-electron chi connectivity index (χ0n) is 11.7. The third-order valence-electron chi connectivity index (χ3n) is 2.78. The first kappa shape index (κ1) is 15.5. The van der Waals surface area contributed by atoms with Gasteiger partial charge in [-0.1, -0.05) is 18.2 Å². The van der Waals surface area contributed by atoms with Crippen LogP contribution in [0.5, 0.6) is 0 Å². The summed E-state index contributed by atoms with van der Waals surface area (Å²) in [6, 6.07) is 11.9. The number of hydrogen-bond acceptors (Lipinski definition) is 5. The highest BCUT2D eigenvalue weighted by molar-refractivity contribution is 7.10. The zero-order chi connectivity index (χ0) is 15.9. The quantitative estimate of drug-likeness (QED) is 0.534. The molecule has 1 heterocycles. The van der Waals surface area contributed by atoms with Gasteiger partial charge in [0, 0.05) is 4.88 Å². The molecule has 5 nitrogen and oxygen atoms in total. The van der Waals surface area contributed by atoms with Gasteiger partial charge in [0.1, 0.15) is 11.6 Å². The predicted molar refractivity (Wildman–Crippen MR) is 84.3 cm³/mol. The van der Waals surface area contributed by atoms with E-state index in [-0.39, 0.29) is 11.1 Å². The molecule has 0 saturated carbocycles. The number of nitrogens with one attached hydrogen (secondary N) is 1. The van der Waals surface area contributed by atoms with E-state index in [0.29, 0.717) is 5.69 Å². The Balaban J connectivity index is 2.25. The summed E-state index contributed by atoms with van der Waals surface area (Å²) in [6.45, 7) is 0. The van der Waals surface area contributed by atoms with Crippen LogP contribution in [0.15, 0.2) is 47.4 Å². The number of esters is 1. The Labute approximate surface area is 131 Å². The number of amides is 1. The van der Waals surface area contributed by atoms with E-state index in [2.05, 4.69) is 10.1 Å². The number of methoxy groups -OCH3 is 1. The fourth-order valence-corrected chi connectivity index (χ4v) is 2.39. The Morgan fingerprint density at radius 1 is 1.27 bits per heavy atom. The smallest absolute Gasteiger partial charge is 0.339 e. The lowest BCUT2D eigenvalue weighted by molar-refractivity contribution is -0.112. The second-order valence-electron chi connectivity index (χ2n) is 4.18. The molecule has 22 heavy (non-hydrogen) atoms. The molecule has 0 radical (unpaired) electrons. The maximum absolute atomic E-state index is 12.2. The maximum atomic E-state index is 12.2. The van der Waals surface area contributed by atoms with Crippen molar-refractivity contribution in [3.63, 3.8) is 0 Å². The predicted octanol–water partition coefficient (Wildman–Crippen LogP) is 3.08.